The van der Waals surface area contributed by atoms with Gasteiger partial charge in [0, 0.05) is 13.1 Å². The molecule has 0 aromatic heterocycles. The minimum Gasteiger partial charge on any atom is -0.497 e. The predicted octanol–water partition coefficient (Wildman–Crippen LogP) is 4.72. The molecule has 0 saturated carbocycles. The summed E-state index contributed by atoms with van der Waals surface area (Å²) in [6.45, 7) is 1.88. The van der Waals surface area contributed by atoms with Crippen molar-refractivity contribution in [1.29, 1.82) is 0 Å². The van der Waals surface area contributed by atoms with E-state index in [1.54, 1.807) is 33.5 Å². The van der Waals surface area contributed by atoms with Crippen molar-refractivity contribution in [2.24, 2.45) is 0 Å². The van der Waals surface area contributed by atoms with Crippen molar-refractivity contribution in [3.8, 4) is 28.7 Å². The second-order valence-corrected chi connectivity index (χ2v) is 8.40. The zero-order valence-electron chi connectivity index (χ0n) is 20.0. The summed E-state index contributed by atoms with van der Waals surface area (Å²) < 4.78 is 28.1. The number of ketones is 1. The Labute approximate surface area is 204 Å². The van der Waals surface area contributed by atoms with E-state index in [0.29, 0.717) is 41.8 Å². The highest BCUT2D eigenvalue weighted by atomic mass is 16.5. The van der Waals surface area contributed by atoms with Gasteiger partial charge in [-0.15, -0.1) is 0 Å². The Bertz CT molecular complexity index is 1300. The Morgan fingerprint density at radius 1 is 0.971 bits per heavy atom. The number of allylic oxidation sites excluding steroid dienone is 1. The minimum absolute atomic E-state index is 0.131. The first-order valence-electron chi connectivity index (χ1n) is 11.4. The molecule has 35 heavy (non-hydrogen) atoms. The van der Waals surface area contributed by atoms with Gasteiger partial charge in [0.2, 0.25) is 5.78 Å². The summed E-state index contributed by atoms with van der Waals surface area (Å²) in [4.78, 5) is 15.2. The molecule has 0 amide bonds. The molecule has 180 valence electrons. The lowest BCUT2D eigenvalue weighted by Gasteiger charge is -2.29. The van der Waals surface area contributed by atoms with Gasteiger partial charge in [-0.2, -0.15) is 0 Å². The van der Waals surface area contributed by atoms with Crippen molar-refractivity contribution >= 4 is 11.9 Å². The maximum absolute atomic E-state index is 13.0. The first-order chi connectivity index (χ1) is 17.1. The molecule has 0 fully saturated rings. The van der Waals surface area contributed by atoms with Gasteiger partial charge in [0.25, 0.3) is 0 Å². The standard InChI is InChI=1S/C28H27NO6/c1-31-20-6-4-5-19(13-20)15-26-27(30)21-8-10-23-22(28(21)35-26)16-29(17-34-23)12-11-18-7-9-24(32-2)25(14-18)33-3/h4-10,13-15H,11-12,16-17H2,1-3H3/b26-15-. The van der Waals surface area contributed by atoms with Gasteiger partial charge in [-0.25, -0.2) is 0 Å². The van der Waals surface area contributed by atoms with Crippen molar-refractivity contribution in [1.82, 2.24) is 4.90 Å². The van der Waals surface area contributed by atoms with E-state index < -0.39 is 0 Å². The second kappa shape index (κ2) is 9.72. The first kappa shape index (κ1) is 22.8. The molecule has 0 radical (unpaired) electrons. The lowest BCUT2D eigenvalue weighted by Crippen LogP contribution is -2.33. The predicted molar refractivity (Wildman–Crippen MR) is 132 cm³/mol. The number of hydrogen-bond donors (Lipinski definition) is 0. The van der Waals surface area contributed by atoms with Gasteiger partial charge in [-0.05, 0) is 60.0 Å². The summed E-state index contributed by atoms with van der Waals surface area (Å²) in [5.74, 6) is 3.64. The fraction of sp³-hybridized carbons (Fsp3) is 0.250. The average Bonchev–Trinajstić information content (AvgIpc) is 3.22. The molecule has 2 aliphatic heterocycles. The zero-order valence-corrected chi connectivity index (χ0v) is 20.0. The highest BCUT2D eigenvalue weighted by Gasteiger charge is 2.33. The summed E-state index contributed by atoms with van der Waals surface area (Å²) >= 11 is 0. The number of rotatable bonds is 7. The number of ether oxygens (including phenoxy) is 5. The number of Topliss-reactive ketones (excluding diaryl/α,β-unsaturated/α-hetero) is 1. The zero-order chi connectivity index (χ0) is 24.4. The van der Waals surface area contributed by atoms with Gasteiger partial charge in [-0.3, -0.25) is 9.69 Å². The van der Waals surface area contributed by atoms with E-state index in [1.165, 1.54) is 0 Å². The third-order valence-corrected chi connectivity index (χ3v) is 6.24. The molecule has 2 aliphatic rings. The summed E-state index contributed by atoms with van der Waals surface area (Å²) in [6.07, 6.45) is 2.56. The van der Waals surface area contributed by atoms with Crippen molar-refractivity contribution in [2.45, 2.75) is 13.0 Å². The van der Waals surface area contributed by atoms with E-state index in [9.17, 15) is 4.79 Å². The van der Waals surface area contributed by atoms with Gasteiger partial charge in [0.15, 0.2) is 17.3 Å². The van der Waals surface area contributed by atoms with Crippen LogP contribution in [-0.4, -0.2) is 45.3 Å². The summed E-state index contributed by atoms with van der Waals surface area (Å²) in [5, 5.41) is 0. The van der Waals surface area contributed by atoms with Crippen LogP contribution in [0.2, 0.25) is 0 Å². The molecule has 2 heterocycles. The number of hydrogen-bond acceptors (Lipinski definition) is 7. The number of methoxy groups -OCH3 is 3. The fourth-order valence-corrected chi connectivity index (χ4v) is 4.35. The molecule has 0 bridgehead atoms. The molecule has 0 aliphatic carbocycles. The topological polar surface area (TPSA) is 66.5 Å². The highest BCUT2D eigenvalue weighted by Crippen LogP contribution is 2.42. The Morgan fingerprint density at radius 2 is 1.83 bits per heavy atom. The Hall–Kier alpha value is -3.97. The summed E-state index contributed by atoms with van der Waals surface area (Å²) in [7, 11) is 4.88. The molecule has 3 aromatic rings. The quantitative estimate of drug-likeness (QED) is 0.460. The van der Waals surface area contributed by atoms with Crippen LogP contribution in [0.1, 0.15) is 27.0 Å². The van der Waals surface area contributed by atoms with E-state index in [-0.39, 0.29) is 5.78 Å². The SMILES string of the molecule is COc1cccc(/C=C2\Oc3c(ccc4c3CN(CCc3ccc(OC)c(OC)c3)CO4)C2=O)c1. The molecular weight excluding hydrogens is 446 g/mol. The van der Waals surface area contributed by atoms with Crippen LogP contribution in [0.15, 0.2) is 60.4 Å². The fourth-order valence-electron chi connectivity index (χ4n) is 4.35. The average molecular weight is 474 g/mol. The molecule has 7 nitrogen and oxygen atoms in total. The number of carbonyl (C=O) groups is 1. The molecule has 3 aromatic carbocycles. The third-order valence-electron chi connectivity index (χ3n) is 6.24. The van der Waals surface area contributed by atoms with Crippen molar-refractivity contribution in [3.05, 3.63) is 82.6 Å². The van der Waals surface area contributed by atoms with Crippen LogP contribution in [0.5, 0.6) is 28.7 Å². The van der Waals surface area contributed by atoms with E-state index in [2.05, 4.69) is 4.90 Å². The summed E-state index contributed by atoms with van der Waals surface area (Å²) in [5.41, 5.74) is 3.43. The monoisotopic (exact) mass is 473 g/mol. The Kier molecular flexibility index (Phi) is 6.33. The van der Waals surface area contributed by atoms with Crippen LogP contribution in [0, 0.1) is 0 Å². The Morgan fingerprint density at radius 3 is 2.63 bits per heavy atom. The third kappa shape index (κ3) is 4.55. The smallest absolute Gasteiger partial charge is 0.231 e. The van der Waals surface area contributed by atoms with E-state index in [0.717, 1.165) is 41.2 Å². The van der Waals surface area contributed by atoms with Crippen LogP contribution >= 0.6 is 0 Å². The van der Waals surface area contributed by atoms with Gasteiger partial charge in [0.05, 0.1) is 32.5 Å². The molecule has 0 spiro atoms. The van der Waals surface area contributed by atoms with Gasteiger partial charge >= 0.3 is 0 Å². The molecule has 5 rings (SSSR count). The largest absolute Gasteiger partial charge is 0.497 e. The lowest BCUT2D eigenvalue weighted by molar-refractivity contribution is 0.0949. The number of benzene rings is 3. The molecule has 0 saturated heterocycles. The van der Waals surface area contributed by atoms with Gasteiger partial charge in [0.1, 0.15) is 24.0 Å². The van der Waals surface area contributed by atoms with Crippen LogP contribution < -0.4 is 23.7 Å². The van der Waals surface area contributed by atoms with E-state index >= 15 is 0 Å². The van der Waals surface area contributed by atoms with Gasteiger partial charge < -0.3 is 23.7 Å². The van der Waals surface area contributed by atoms with Crippen LogP contribution in [0.4, 0.5) is 0 Å². The Balaban J connectivity index is 1.33. The summed E-state index contributed by atoms with van der Waals surface area (Å²) in [6, 6.07) is 17.1. The lowest BCUT2D eigenvalue weighted by atomic mass is 10.0. The second-order valence-electron chi connectivity index (χ2n) is 8.40. The molecule has 7 heteroatoms. The van der Waals surface area contributed by atoms with Crippen molar-refractivity contribution in [3.63, 3.8) is 0 Å². The van der Waals surface area contributed by atoms with Crippen molar-refractivity contribution < 1.29 is 28.5 Å². The van der Waals surface area contributed by atoms with Crippen LogP contribution in [0.25, 0.3) is 6.08 Å². The van der Waals surface area contributed by atoms with Gasteiger partial charge in [-0.1, -0.05) is 18.2 Å². The first-order valence-corrected chi connectivity index (χ1v) is 11.4. The van der Waals surface area contributed by atoms with E-state index in [1.807, 2.05) is 48.5 Å². The number of nitrogens with zero attached hydrogens (tertiary/aromatic N) is 1. The molecule has 0 N–H and O–H groups in total. The van der Waals surface area contributed by atoms with Crippen LogP contribution in [0.3, 0.4) is 0 Å². The normalized spacial score (nSPS) is 15.7. The maximum Gasteiger partial charge on any atom is 0.231 e. The van der Waals surface area contributed by atoms with Crippen molar-refractivity contribution in [2.75, 3.05) is 34.6 Å². The van der Waals surface area contributed by atoms with Crippen LogP contribution in [-0.2, 0) is 13.0 Å². The maximum atomic E-state index is 13.0. The van der Waals surface area contributed by atoms with E-state index in [4.69, 9.17) is 23.7 Å². The molecular formula is C28H27NO6. The molecule has 0 atom stereocenters. The highest BCUT2D eigenvalue weighted by molar-refractivity contribution is 6.15. The minimum atomic E-state index is -0.131. The molecule has 0 unspecified atom stereocenters. The number of fused-ring (bicyclic) bond motifs is 3. The number of carbonyl (C=O) groups excluding carboxylic acids is 1.